The number of hydrogen-bond acceptors (Lipinski definition) is 5. The number of carbonyl (C=O) groups is 2. The van der Waals surface area contributed by atoms with Gasteiger partial charge in [-0.1, -0.05) is 0 Å². The first-order valence-corrected chi connectivity index (χ1v) is 10.0. The Labute approximate surface area is 164 Å². The molecule has 0 bridgehead atoms. The van der Waals surface area contributed by atoms with Crippen molar-refractivity contribution in [2.45, 2.75) is 50.7 Å². The van der Waals surface area contributed by atoms with Crippen molar-refractivity contribution in [1.82, 2.24) is 20.1 Å². The molecule has 0 saturated carbocycles. The number of hydrogen-bond donors (Lipinski definition) is 3. The standard InChI is InChI=1S/C20H30N4O4/c1-15(25)22-17-5-10-23(11-6-17)14-20(28)7-2-9-24(12-8-20)19(27)16-3-4-18(26)21-13-16/h3-4,13,17,28H,2,5-12,14H2,1H3,(H,21,26)(H,22,25). The minimum Gasteiger partial charge on any atom is -0.388 e. The number of likely N-dealkylation sites (tertiary alicyclic amines) is 2. The molecule has 1 unspecified atom stereocenters. The summed E-state index contributed by atoms with van der Waals surface area (Å²) in [7, 11) is 0. The smallest absolute Gasteiger partial charge is 0.255 e. The normalized spacial score (nSPS) is 24.6. The molecule has 3 rings (SSSR count). The van der Waals surface area contributed by atoms with Gasteiger partial charge in [0.05, 0.1) is 11.2 Å². The highest BCUT2D eigenvalue weighted by Gasteiger charge is 2.34. The number of carbonyl (C=O) groups excluding carboxylic acids is 2. The van der Waals surface area contributed by atoms with Gasteiger partial charge in [-0.15, -0.1) is 0 Å². The van der Waals surface area contributed by atoms with Crippen LogP contribution in [0.1, 0.15) is 49.4 Å². The number of aliphatic hydroxyl groups is 1. The van der Waals surface area contributed by atoms with Crippen LogP contribution in [-0.4, -0.2) is 76.1 Å². The number of pyridine rings is 1. The summed E-state index contributed by atoms with van der Waals surface area (Å²) in [4.78, 5) is 41.6. The lowest BCUT2D eigenvalue weighted by atomic mass is 9.93. The van der Waals surface area contributed by atoms with Gasteiger partial charge in [-0.2, -0.15) is 0 Å². The Morgan fingerprint density at radius 2 is 1.96 bits per heavy atom. The van der Waals surface area contributed by atoms with Crippen LogP contribution in [0.15, 0.2) is 23.1 Å². The van der Waals surface area contributed by atoms with Crippen LogP contribution >= 0.6 is 0 Å². The third-order valence-corrected chi connectivity index (χ3v) is 5.75. The predicted molar refractivity (Wildman–Crippen MR) is 105 cm³/mol. The molecule has 2 fully saturated rings. The third kappa shape index (κ3) is 5.42. The first kappa shape index (κ1) is 20.5. The number of nitrogens with one attached hydrogen (secondary N) is 2. The van der Waals surface area contributed by atoms with Gasteiger partial charge >= 0.3 is 0 Å². The molecule has 0 aliphatic carbocycles. The highest BCUT2D eigenvalue weighted by atomic mass is 16.3. The van der Waals surface area contributed by atoms with Gasteiger partial charge < -0.3 is 25.2 Å². The number of aromatic nitrogens is 1. The Morgan fingerprint density at radius 3 is 2.61 bits per heavy atom. The van der Waals surface area contributed by atoms with Crippen LogP contribution in [0.5, 0.6) is 0 Å². The van der Waals surface area contributed by atoms with Crippen molar-refractivity contribution in [3.05, 3.63) is 34.2 Å². The van der Waals surface area contributed by atoms with E-state index in [0.717, 1.165) is 32.4 Å². The summed E-state index contributed by atoms with van der Waals surface area (Å²) in [5.41, 5.74) is -0.574. The molecule has 154 valence electrons. The Kier molecular flexibility index (Phi) is 6.51. The summed E-state index contributed by atoms with van der Waals surface area (Å²) >= 11 is 0. The summed E-state index contributed by atoms with van der Waals surface area (Å²) in [6.07, 6.45) is 5.18. The van der Waals surface area contributed by atoms with Crippen LogP contribution in [0.2, 0.25) is 0 Å². The van der Waals surface area contributed by atoms with E-state index in [9.17, 15) is 19.5 Å². The first-order valence-electron chi connectivity index (χ1n) is 10.0. The molecule has 1 aromatic heterocycles. The lowest BCUT2D eigenvalue weighted by Crippen LogP contribution is -2.50. The van der Waals surface area contributed by atoms with E-state index in [1.165, 1.54) is 18.3 Å². The largest absolute Gasteiger partial charge is 0.388 e. The Balaban J connectivity index is 1.52. The van der Waals surface area contributed by atoms with Gasteiger partial charge in [0.25, 0.3) is 5.91 Å². The van der Waals surface area contributed by atoms with Crippen molar-refractivity contribution in [2.24, 2.45) is 0 Å². The molecular weight excluding hydrogens is 360 g/mol. The van der Waals surface area contributed by atoms with Crippen molar-refractivity contribution in [1.29, 1.82) is 0 Å². The van der Waals surface area contributed by atoms with Crippen molar-refractivity contribution in [2.75, 3.05) is 32.7 Å². The van der Waals surface area contributed by atoms with Crippen LogP contribution in [0.3, 0.4) is 0 Å². The van der Waals surface area contributed by atoms with Gasteiger partial charge in [0, 0.05) is 58.0 Å². The van der Waals surface area contributed by atoms with Crippen molar-refractivity contribution in [3.63, 3.8) is 0 Å². The molecule has 2 aliphatic rings. The van der Waals surface area contributed by atoms with Crippen molar-refractivity contribution >= 4 is 11.8 Å². The molecule has 1 aromatic rings. The lowest BCUT2D eigenvalue weighted by Gasteiger charge is -2.38. The monoisotopic (exact) mass is 390 g/mol. The number of rotatable bonds is 4. The zero-order chi connectivity index (χ0) is 20.1. The second-order valence-corrected chi connectivity index (χ2v) is 8.06. The zero-order valence-electron chi connectivity index (χ0n) is 16.4. The van der Waals surface area contributed by atoms with E-state index < -0.39 is 5.60 Å². The van der Waals surface area contributed by atoms with E-state index in [-0.39, 0.29) is 23.4 Å². The maximum absolute atomic E-state index is 12.7. The van der Waals surface area contributed by atoms with E-state index in [0.29, 0.717) is 38.0 Å². The number of amides is 2. The summed E-state index contributed by atoms with van der Waals surface area (Å²) in [5, 5.41) is 14.1. The molecule has 0 radical (unpaired) electrons. The summed E-state index contributed by atoms with van der Waals surface area (Å²) in [6.45, 7) is 4.95. The summed E-state index contributed by atoms with van der Waals surface area (Å²) in [5.74, 6) is -0.107. The summed E-state index contributed by atoms with van der Waals surface area (Å²) in [6, 6.07) is 3.12. The van der Waals surface area contributed by atoms with Gasteiger partial charge in [0.1, 0.15) is 0 Å². The molecule has 8 nitrogen and oxygen atoms in total. The summed E-state index contributed by atoms with van der Waals surface area (Å²) < 4.78 is 0. The highest BCUT2D eigenvalue weighted by Crippen LogP contribution is 2.26. The molecule has 2 saturated heterocycles. The van der Waals surface area contributed by atoms with Crippen LogP contribution in [0.4, 0.5) is 0 Å². The molecule has 1 atom stereocenters. The number of nitrogens with zero attached hydrogens (tertiary/aromatic N) is 2. The van der Waals surface area contributed by atoms with E-state index >= 15 is 0 Å². The molecule has 2 amide bonds. The van der Waals surface area contributed by atoms with Crippen LogP contribution in [0, 0.1) is 0 Å². The minimum absolute atomic E-state index is 0.00750. The maximum atomic E-state index is 12.7. The molecule has 0 spiro atoms. The average Bonchev–Trinajstić information content (AvgIpc) is 2.85. The van der Waals surface area contributed by atoms with Crippen LogP contribution < -0.4 is 10.9 Å². The van der Waals surface area contributed by atoms with Gasteiger partial charge in [-0.05, 0) is 38.2 Å². The second kappa shape index (κ2) is 8.87. The second-order valence-electron chi connectivity index (χ2n) is 8.06. The highest BCUT2D eigenvalue weighted by molar-refractivity contribution is 5.93. The van der Waals surface area contributed by atoms with Crippen molar-refractivity contribution in [3.8, 4) is 0 Å². The third-order valence-electron chi connectivity index (χ3n) is 5.75. The number of H-pyrrole nitrogens is 1. The minimum atomic E-state index is -0.805. The molecular formula is C20H30N4O4. The number of β-amino-alcohol motifs (C(OH)–C–C–N with tert-alkyl or cyclic N) is 1. The molecule has 0 aromatic carbocycles. The zero-order valence-corrected chi connectivity index (χ0v) is 16.4. The molecule has 3 heterocycles. The quantitative estimate of drug-likeness (QED) is 0.687. The Hall–Kier alpha value is -2.19. The predicted octanol–water partition coefficient (Wildman–Crippen LogP) is 0.333. The molecule has 28 heavy (non-hydrogen) atoms. The van der Waals surface area contributed by atoms with Gasteiger partial charge in [-0.25, -0.2) is 0 Å². The number of piperidine rings is 1. The number of aromatic amines is 1. The average molecular weight is 390 g/mol. The Bertz CT molecular complexity index is 736. The van der Waals surface area contributed by atoms with Gasteiger partial charge in [-0.3, -0.25) is 14.4 Å². The molecule has 3 N–H and O–H groups in total. The van der Waals surface area contributed by atoms with E-state index in [2.05, 4.69) is 15.2 Å². The fourth-order valence-electron chi connectivity index (χ4n) is 4.21. The van der Waals surface area contributed by atoms with E-state index in [4.69, 9.17) is 0 Å². The fourth-order valence-corrected chi connectivity index (χ4v) is 4.21. The van der Waals surface area contributed by atoms with Gasteiger partial charge in [0.2, 0.25) is 11.5 Å². The molecule has 8 heteroatoms. The van der Waals surface area contributed by atoms with Crippen molar-refractivity contribution < 1.29 is 14.7 Å². The van der Waals surface area contributed by atoms with E-state index in [1.54, 1.807) is 11.8 Å². The Morgan fingerprint density at radius 1 is 1.21 bits per heavy atom. The SMILES string of the molecule is CC(=O)NC1CCN(CC2(O)CCCN(C(=O)c3ccc(=O)[nH]c3)CC2)CC1. The fraction of sp³-hybridized carbons (Fsp3) is 0.650. The van der Waals surface area contributed by atoms with Crippen LogP contribution in [-0.2, 0) is 4.79 Å². The lowest BCUT2D eigenvalue weighted by molar-refractivity contribution is -0.120. The topological polar surface area (TPSA) is 106 Å². The van der Waals surface area contributed by atoms with Crippen LogP contribution in [0.25, 0.3) is 0 Å². The first-order chi connectivity index (χ1) is 13.3. The molecule has 2 aliphatic heterocycles. The van der Waals surface area contributed by atoms with E-state index in [1.807, 2.05) is 0 Å². The maximum Gasteiger partial charge on any atom is 0.255 e. The van der Waals surface area contributed by atoms with Gasteiger partial charge in [0.15, 0.2) is 0 Å².